The van der Waals surface area contributed by atoms with Gasteiger partial charge in [0.2, 0.25) is 5.91 Å². The van der Waals surface area contributed by atoms with Crippen LogP contribution in [0.3, 0.4) is 0 Å². The van der Waals surface area contributed by atoms with Crippen molar-refractivity contribution in [1.82, 2.24) is 9.88 Å². The molecule has 1 aliphatic carbocycles. The molecule has 2 heterocycles. The van der Waals surface area contributed by atoms with E-state index in [0.717, 1.165) is 31.4 Å². The van der Waals surface area contributed by atoms with Gasteiger partial charge in [0.25, 0.3) is 0 Å². The first-order valence-corrected chi connectivity index (χ1v) is 9.33. The van der Waals surface area contributed by atoms with Gasteiger partial charge in [-0.2, -0.15) is 0 Å². The molecule has 4 heteroatoms. The lowest BCUT2D eigenvalue weighted by molar-refractivity contribution is -0.135. The Morgan fingerprint density at radius 2 is 1.92 bits per heavy atom. The molecule has 3 rings (SSSR count). The van der Waals surface area contributed by atoms with E-state index in [1.165, 1.54) is 12.8 Å². The summed E-state index contributed by atoms with van der Waals surface area (Å²) in [5, 5.41) is 10.1. The fourth-order valence-electron chi connectivity index (χ4n) is 4.57. The van der Waals surface area contributed by atoms with E-state index in [4.69, 9.17) is 0 Å². The maximum Gasteiger partial charge on any atom is 0.230 e. The van der Waals surface area contributed by atoms with Gasteiger partial charge in [0.1, 0.15) is 0 Å². The number of hydrogen-bond donors (Lipinski definition) is 1. The molecule has 2 unspecified atom stereocenters. The van der Waals surface area contributed by atoms with E-state index in [1.54, 1.807) is 12.4 Å². The molecule has 4 nitrogen and oxygen atoms in total. The second-order valence-electron chi connectivity index (χ2n) is 8.37. The number of amides is 1. The predicted octanol–water partition coefficient (Wildman–Crippen LogP) is 3.36. The smallest absolute Gasteiger partial charge is 0.230 e. The van der Waals surface area contributed by atoms with Crippen molar-refractivity contribution in [2.75, 3.05) is 13.1 Å². The van der Waals surface area contributed by atoms with Crippen molar-refractivity contribution in [3.8, 4) is 0 Å². The fourth-order valence-corrected chi connectivity index (χ4v) is 4.57. The second kappa shape index (κ2) is 7.22. The van der Waals surface area contributed by atoms with Crippen LogP contribution in [0.2, 0.25) is 0 Å². The third kappa shape index (κ3) is 3.97. The monoisotopic (exact) mass is 330 g/mol. The molecule has 1 aromatic rings. The Balaban J connectivity index is 1.85. The highest BCUT2D eigenvalue weighted by atomic mass is 16.3. The Morgan fingerprint density at radius 3 is 2.58 bits per heavy atom. The van der Waals surface area contributed by atoms with E-state index >= 15 is 0 Å². The lowest BCUT2D eigenvalue weighted by Crippen LogP contribution is -2.42. The van der Waals surface area contributed by atoms with Gasteiger partial charge in [-0.15, -0.1) is 0 Å². The zero-order chi connectivity index (χ0) is 17.2. The predicted molar refractivity (Wildman–Crippen MR) is 94.5 cm³/mol. The highest BCUT2D eigenvalue weighted by molar-refractivity contribution is 5.84. The minimum absolute atomic E-state index is 0.0377. The van der Waals surface area contributed by atoms with E-state index in [2.05, 4.69) is 18.8 Å². The van der Waals surface area contributed by atoms with Crippen LogP contribution in [-0.2, 0) is 4.79 Å². The first-order chi connectivity index (χ1) is 11.5. The van der Waals surface area contributed by atoms with Crippen LogP contribution in [-0.4, -0.2) is 40.1 Å². The molecule has 1 N–H and O–H groups in total. The number of hydrogen-bond acceptors (Lipinski definition) is 3. The third-order valence-corrected chi connectivity index (χ3v) is 5.65. The Morgan fingerprint density at radius 1 is 1.25 bits per heavy atom. The summed E-state index contributed by atoms with van der Waals surface area (Å²) in [6.07, 6.45) is 9.46. The van der Waals surface area contributed by atoms with Crippen LogP contribution >= 0.6 is 0 Å². The van der Waals surface area contributed by atoms with E-state index < -0.39 is 0 Å². The van der Waals surface area contributed by atoms with Gasteiger partial charge in [-0.05, 0) is 54.7 Å². The number of carbonyl (C=O) groups excluding carboxylic acids is 1. The van der Waals surface area contributed by atoms with Crippen molar-refractivity contribution < 1.29 is 9.90 Å². The second-order valence-corrected chi connectivity index (χ2v) is 8.37. The normalized spacial score (nSPS) is 26.1. The quantitative estimate of drug-likeness (QED) is 0.924. The molecule has 132 valence electrons. The van der Waals surface area contributed by atoms with Crippen LogP contribution in [0.15, 0.2) is 24.5 Å². The third-order valence-electron chi connectivity index (χ3n) is 5.65. The SMILES string of the molecule is CC1(C)CC(O)CCN(C(=O)C(c2ccncc2)C2CCCC2)C1. The summed E-state index contributed by atoms with van der Waals surface area (Å²) in [7, 11) is 0. The van der Waals surface area contributed by atoms with E-state index in [0.29, 0.717) is 18.9 Å². The van der Waals surface area contributed by atoms with Crippen molar-refractivity contribution in [2.45, 2.75) is 64.4 Å². The Hall–Kier alpha value is -1.42. The van der Waals surface area contributed by atoms with Gasteiger partial charge < -0.3 is 10.0 Å². The summed E-state index contributed by atoms with van der Waals surface area (Å²) in [5.41, 5.74) is 1.06. The van der Waals surface area contributed by atoms with Gasteiger partial charge in [0.15, 0.2) is 0 Å². The van der Waals surface area contributed by atoms with Crippen LogP contribution in [0.4, 0.5) is 0 Å². The van der Waals surface area contributed by atoms with Crippen molar-refractivity contribution in [2.24, 2.45) is 11.3 Å². The van der Waals surface area contributed by atoms with Crippen LogP contribution in [0, 0.1) is 11.3 Å². The average Bonchev–Trinajstić information content (AvgIpc) is 3.01. The average molecular weight is 330 g/mol. The summed E-state index contributed by atoms with van der Waals surface area (Å²) in [4.78, 5) is 19.6. The number of pyridine rings is 1. The molecule has 1 amide bonds. The lowest BCUT2D eigenvalue weighted by Gasteiger charge is -2.34. The Bertz CT molecular complexity index is 552. The van der Waals surface area contributed by atoms with Crippen molar-refractivity contribution in [3.63, 3.8) is 0 Å². The van der Waals surface area contributed by atoms with Crippen LogP contribution < -0.4 is 0 Å². The standard InChI is InChI=1S/C20H30N2O2/c1-20(2)13-17(23)9-12-22(14-20)19(24)18(15-5-3-4-6-15)16-7-10-21-11-8-16/h7-8,10-11,15,17-18,23H,3-6,9,12-14H2,1-2H3. The number of aliphatic hydroxyl groups excluding tert-OH is 1. The summed E-state index contributed by atoms with van der Waals surface area (Å²) in [6, 6.07) is 4.00. The van der Waals surface area contributed by atoms with Gasteiger partial charge in [-0.25, -0.2) is 0 Å². The molecular weight excluding hydrogens is 300 g/mol. The largest absolute Gasteiger partial charge is 0.393 e. The zero-order valence-electron chi connectivity index (χ0n) is 14.9. The molecule has 2 aliphatic rings. The summed E-state index contributed by atoms with van der Waals surface area (Å²) in [5.74, 6) is 0.632. The first-order valence-electron chi connectivity index (χ1n) is 9.33. The minimum atomic E-state index is -0.302. The van der Waals surface area contributed by atoms with Crippen molar-refractivity contribution in [3.05, 3.63) is 30.1 Å². The molecule has 2 atom stereocenters. The highest BCUT2D eigenvalue weighted by Crippen LogP contribution is 2.39. The number of likely N-dealkylation sites (tertiary alicyclic amines) is 1. The molecule has 0 bridgehead atoms. The lowest BCUT2D eigenvalue weighted by atomic mass is 9.83. The molecule has 24 heavy (non-hydrogen) atoms. The van der Waals surface area contributed by atoms with Crippen LogP contribution in [0.5, 0.6) is 0 Å². The molecule has 0 spiro atoms. The van der Waals surface area contributed by atoms with Crippen LogP contribution in [0.25, 0.3) is 0 Å². The molecule has 0 aromatic carbocycles. The summed E-state index contributed by atoms with van der Waals surface area (Å²) >= 11 is 0. The maximum atomic E-state index is 13.5. The van der Waals surface area contributed by atoms with Crippen molar-refractivity contribution >= 4 is 5.91 Å². The number of nitrogens with zero attached hydrogens (tertiary/aromatic N) is 2. The summed E-state index contributed by atoms with van der Waals surface area (Å²) < 4.78 is 0. The number of rotatable bonds is 3. The van der Waals surface area contributed by atoms with E-state index in [-0.39, 0.29) is 23.3 Å². The zero-order valence-corrected chi connectivity index (χ0v) is 14.9. The molecule has 1 aromatic heterocycles. The van der Waals surface area contributed by atoms with Gasteiger partial charge in [-0.1, -0.05) is 26.7 Å². The number of carbonyl (C=O) groups is 1. The van der Waals surface area contributed by atoms with E-state index in [9.17, 15) is 9.90 Å². The highest BCUT2D eigenvalue weighted by Gasteiger charge is 2.38. The number of aromatic nitrogens is 1. The molecule has 1 saturated carbocycles. The van der Waals surface area contributed by atoms with E-state index in [1.807, 2.05) is 17.0 Å². The van der Waals surface area contributed by atoms with Gasteiger partial charge >= 0.3 is 0 Å². The van der Waals surface area contributed by atoms with Gasteiger partial charge in [0.05, 0.1) is 12.0 Å². The summed E-state index contributed by atoms with van der Waals surface area (Å²) in [6.45, 7) is 5.70. The molecular formula is C20H30N2O2. The number of aliphatic hydroxyl groups is 1. The van der Waals surface area contributed by atoms with Gasteiger partial charge in [0, 0.05) is 25.5 Å². The van der Waals surface area contributed by atoms with Crippen molar-refractivity contribution in [1.29, 1.82) is 0 Å². The molecule has 1 saturated heterocycles. The first kappa shape index (κ1) is 17.4. The Kier molecular flexibility index (Phi) is 5.24. The topological polar surface area (TPSA) is 53.4 Å². The molecule has 1 aliphatic heterocycles. The molecule has 0 radical (unpaired) electrons. The van der Waals surface area contributed by atoms with Gasteiger partial charge in [-0.3, -0.25) is 9.78 Å². The molecule has 2 fully saturated rings. The Labute approximate surface area is 145 Å². The van der Waals surface area contributed by atoms with Crippen LogP contribution in [0.1, 0.15) is 63.9 Å². The maximum absolute atomic E-state index is 13.5. The fraction of sp³-hybridized carbons (Fsp3) is 0.700. The minimum Gasteiger partial charge on any atom is -0.393 e.